The van der Waals surface area contributed by atoms with Crippen LogP contribution in [-0.4, -0.2) is 44.7 Å². The van der Waals surface area contributed by atoms with Gasteiger partial charge in [-0.3, -0.25) is 4.79 Å². The molecule has 1 aliphatic rings. The molecule has 1 saturated heterocycles. The van der Waals surface area contributed by atoms with Gasteiger partial charge >= 0.3 is 5.69 Å². The number of hydrogen-bond acceptors (Lipinski definition) is 4. The van der Waals surface area contributed by atoms with Gasteiger partial charge in [0, 0.05) is 18.0 Å². The van der Waals surface area contributed by atoms with Crippen molar-refractivity contribution in [2.45, 2.75) is 46.0 Å². The number of halogens is 1. The number of rotatable bonds is 9. The van der Waals surface area contributed by atoms with Crippen molar-refractivity contribution < 1.29 is 4.79 Å². The van der Waals surface area contributed by atoms with Crippen LogP contribution in [0.1, 0.15) is 44.5 Å². The molecule has 4 rings (SSSR count). The van der Waals surface area contributed by atoms with Crippen molar-refractivity contribution >= 4 is 17.4 Å². The van der Waals surface area contributed by atoms with Crippen LogP contribution in [0.5, 0.6) is 0 Å². The van der Waals surface area contributed by atoms with Crippen molar-refractivity contribution in [2.24, 2.45) is 5.92 Å². The third-order valence-electron chi connectivity index (χ3n) is 6.00. The van der Waals surface area contributed by atoms with Crippen LogP contribution in [-0.2, 0) is 17.6 Å². The molecular weight excluding hydrogens is 436 g/mol. The summed E-state index contributed by atoms with van der Waals surface area (Å²) in [6.45, 7) is 7.45. The number of likely N-dealkylation sites (tertiary alicyclic amines) is 1. The van der Waals surface area contributed by atoms with Crippen molar-refractivity contribution in [3.05, 3.63) is 75.4 Å². The fourth-order valence-corrected chi connectivity index (χ4v) is 4.55. The van der Waals surface area contributed by atoms with Crippen LogP contribution in [0, 0.1) is 5.92 Å². The molecule has 0 N–H and O–H groups in total. The number of carbonyl (C=O) groups is 1. The maximum atomic E-state index is 13.4. The maximum absolute atomic E-state index is 13.4. The molecule has 174 valence electrons. The van der Waals surface area contributed by atoms with Crippen molar-refractivity contribution in [1.82, 2.24) is 19.2 Å². The van der Waals surface area contributed by atoms with E-state index in [1.807, 2.05) is 26.0 Å². The van der Waals surface area contributed by atoms with Crippen LogP contribution in [0.25, 0.3) is 11.4 Å². The fraction of sp³-hybridized carbons (Fsp3) is 0.423. The molecule has 0 atom stereocenters. The van der Waals surface area contributed by atoms with Crippen molar-refractivity contribution in [3.63, 3.8) is 0 Å². The molecule has 0 saturated carbocycles. The molecule has 0 bridgehead atoms. The predicted molar refractivity (Wildman–Crippen MR) is 132 cm³/mol. The molecule has 33 heavy (non-hydrogen) atoms. The van der Waals surface area contributed by atoms with Crippen molar-refractivity contribution in [1.29, 1.82) is 0 Å². The zero-order valence-electron chi connectivity index (χ0n) is 19.3. The van der Waals surface area contributed by atoms with E-state index >= 15 is 0 Å². The Morgan fingerprint density at radius 1 is 1.06 bits per heavy atom. The standard InChI is InChI=1S/C26H31ClN4O2/c1-19(2)16-24(32)18-25-28-31(26(33)30(25)23-7-5-6-21(27)17-23)22-10-8-20(9-11-22)12-15-29-13-3-4-14-29/h5-11,17,19H,3-4,12-16,18H2,1-2H3. The molecular formula is C26H31ClN4O2. The molecule has 6 nitrogen and oxygen atoms in total. The Balaban J connectivity index is 1.63. The first-order chi connectivity index (χ1) is 15.9. The summed E-state index contributed by atoms with van der Waals surface area (Å²) in [5, 5.41) is 5.09. The average molecular weight is 467 g/mol. The van der Waals surface area contributed by atoms with E-state index < -0.39 is 0 Å². The molecule has 7 heteroatoms. The van der Waals surface area contributed by atoms with Crippen LogP contribution >= 0.6 is 11.6 Å². The van der Waals surface area contributed by atoms with Gasteiger partial charge in [-0.05, 0) is 74.2 Å². The van der Waals surface area contributed by atoms with E-state index in [0.29, 0.717) is 28.6 Å². The minimum Gasteiger partial charge on any atom is -0.303 e. The SMILES string of the molecule is CC(C)CC(=O)Cc1nn(-c2ccc(CCN3CCCC3)cc2)c(=O)n1-c1cccc(Cl)c1. The second-order valence-corrected chi connectivity index (χ2v) is 9.64. The highest BCUT2D eigenvalue weighted by atomic mass is 35.5. The minimum absolute atomic E-state index is 0.0580. The Kier molecular flexibility index (Phi) is 7.46. The largest absolute Gasteiger partial charge is 0.355 e. The van der Waals surface area contributed by atoms with E-state index in [1.54, 1.807) is 24.3 Å². The lowest BCUT2D eigenvalue weighted by Crippen LogP contribution is -2.24. The topological polar surface area (TPSA) is 60.1 Å². The Labute approximate surface area is 199 Å². The first kappa shape index (κ1) is 23.5. The normalized spacial score (nSPS) is 14.3. The average Bonchev–Trinajstić information content (AvgIpc) is 3.40. The van der Waals surface area contributed by atoms with Crippen LogP contribution in [0.15, 0.2) is 53.3 Å². The predicted octanol–water partition coefficient (Wildman–Crippen LogP) is 4.47. The van der Waals surface area contributed by atoms with E-state index in [0.717, 1.165) is 13.0 Å². The molecule has 3 aromatic rings. The maximum Gasteiger partial charge on any atom is 0.355 e. The summed E-state index contributed by atoms with van der Waals surface area (Å²) in [6.07, 6.45) is 4.11. The summed E-state index contributed by atoms with van der Waals surface area (Å²) in [7, 11) is 0. The Bertz CT molecular complexity index is 1160. The van der Waals surface area contributed by atoms with Crippen molar-refractivity contribution in [3.8, 4) is 11.4 Å². The van der Waals surface area contributed by atoms with E-state index in [4.69, 9.17) is 11.6 Å². The summed E-state index contributed by atoms with van der Waals surface area (Å²) in [4.78, 5) is 28.4. The molecule has 1 fully saturated rings. The highest BCUT2D eigenvalue weighted by Gasteiger charge is 2.19. The highest BCUT2D eigenvalue weighted by molar-refractivity contribution is 6.30. The Hall–Kier alpha value is -2.70. The van der Waals surface area contributed by atoms with Gasteiger partial charge in [-0.2, -0.15) is 4.68 Å². The van der Waals surface area contributed by atoms with Gasteiger partial charge in [-0.1, -0.05) is 43.6 Å². The lowest BCUT2D eigenvalue weighted by molar-refractivity contribution is -0.119. The second kappa shape index (κ2) is 10.5. The zero-order chi connectivity index (χ0) is 23.4. The van der Waals surface area contributed by atoms with E-state index in [1.165, 1.54) is 40.7 Å². The Morgan fingerprint density at radius 3 is 2.45 bits per heavy atom. The van der Waals surface area contributed by atoms with Crippen LogP contribution in [0.3, 0.4) is 0 Å². The first-order valence-electron chi connectivity index (χ1n) is 11.7. The highest BCUT2D eigenvalue weighted by Crippen LogP contribution is 2.17. The van der Waals surface area contributed by atoms with Crippen LogP contribution < -0.4 is 5.69 Å². The molecule has 0 unspecified atom stereocenters. The van der Waals surface area contributed by atoms with Crippen LogP contribution in [0.4, 0.5) is 0 Å². The van der Waals surface area contributed by atoms with Gasteiger partial charge < -0.3 is 4.90 Å². The van der Waals surface area contributed by atoms with Gasteiger partial charge in [0.25, 0.3) is 0 Å². The summed E-state index contributed by atoms with van der Waals surface area (Å²) in [5.41, 5.74) is 2.21. The van der Waals surface area contributed by atoms with E-state index in [2.05, 4.69) is 22.1 Å². The number of ketones is 1. The summed E-state index contributed by atoms with van der Waals surface area (Å²) in [5.74, 6) is 0.729. The smallest absolute Gasteiger partial charge is 0.303 e. The fourth-order valence-electron chi connectivity index (χ4n) is 4.37. The number of Topliss-reactive ketones (excluding diaryl/α,β-unsaturated/α-hetero) is 1. The summed E-state index contributed by atoms with van der Waals surface area (Å²) < 4.78 is 2.87. The van der Waals surface area contributed by atoms with Gasteiger partial charge in [-0.15, -0.1) is 5.10 Å². The molecule has 2 heterocycles. The molecule has 1 aromatic heterocycles. The molecule has 2 aromatic carbocycles. The third kappa shape index (κ3) is 5.81. The second-order valence-electron chi connectivity index (χ2n) is 9.20. The molecule has 0 amide bonds. The third-order valence-corrected chi connectivity index (χ3v) is 6.24. The Morgan fingerprint density at radius 2 is 1.79 bits per heavy atom. The lowest BCUT2D eigenvalue weighted by Gasteiger charge is -2.14. The number of benzene rings is 2. The summed E-state index contributed by atoms with van der Waals surface area (Å²) in [6, 6.07) is 15.0. The van der Waals surface area contributed by atoms with E-state index in [9.17, 15) is 9.59 Å². The minimum atomic E-state index is -0.311. The number of hydrogen-bond donors (Lipinski definition) is 0. The van der Waals surface area contributed by atoms with Gasteiger partial charge in [-0.25, -0.2) is 9.36 Å². The van der Waals surface area contributed by atoms with Crippen molar-refractivity contribution in [2.75, 3.05) is 19.6 Å². The van der Waals surface area contributed by atoms with E-state index in [-0.39, 0.29) is 23.8 Å². The monoisotopic (exact) mass is 466 g/mol. The molecule has 0 radical (unpaired) electrons. The van der Waals surface area contributed by atoms with Gasteiger partial charge in [0.15, 0.2) is 0 Å². The summed E-state index contributed by atoms with van der Waals surface area (Å²) >= 11 is 6.18. The number of carbonyl (C=O) groups excluding carboxylic acids is 1. The van der Waals surface area contributed by atoms with Gasteiger partial charge in [0.05, 0.1) is 17.8 Å². The first-order valence-corrected chi connectivity index (χ1v) is 12.1. The number of aromatic nitrogens is 3. The molecule has 0 aliphatic carbocycles. The quantitative estimate of drug-likeness (QED) is 0.466. The molecule has 0 spiro atoms. The van der Waals surface area contributed by atoms with Gasteiger partial charge in [0.2, 0.25) is 0 Å². The lowest BCUT2D eigenvalue weighted by atomic mass is 10.1. The zero-order valence-corrected chi connectivity index (χ0v) is 20.1. The number of nitrogens with zero attached hydrogens (tertiary/aromatic N) is 4. The van der Waals surface area contributed by atoms with Gasteiger partial charge in [0.1, 0.15) is 11.6 Å². The van der Waals surface area contributed by atoms with Crippen LogP contribution in [0.2, 0.25) is 5.02 Å². The molecule has 1 aliphatic heterocycles.